The third kappa shape index (κ3) is 2.40. The van der Waals surface area contributed by atoms with E-state index in [1.54, 1.807) is 11.1 Å². The van der Waals surface area contributed by atoms with Gasteiger partial charge in [0.2, 0.25) is 0 Å². The number of rotatable bonds is 2. The zero-order chi connectivity index (χ0) is 13.4. The molecule has 1 aliphatic carbocycles. The van der Waals surface area contributed by atoms with Crippen molar-refractivity contribution in [1.29, 1.82) is 0 Å². The molecule has 1 unspecified atom stereocenters. The average Bonchev–Trinajstić information content (AvgIpc) is 3.17. The summed E-state index contributed by atoms with van der Waals surface area (Å²) >= 11 is 0. The van der Waals surface area contributed by atoms with E-state index in [4.69, 9.17) is 0 Å². The van der Waals surface area contributed by atoms with Gasteiger partial charge in [-0.3, -0.25) is 4.90 Å². The van der Waals surface area contributed by atoms with Crippen molar-refractivity contribution in [3.63, 3.8) is 0 Å². The summed E-state index contributed by atoms with van der Waals surface area (Å²) in [6.07, 6.45) is 6.93. The van der Waals surface area contributed by atoms with Crippen LogP contribution in [0.4, 0.5) is 0 Å². The molecule has 1 saturated heterocycles. The van der Waals surface area contributed by atoms with Gasteiger partial charge in [-0.2, -0.15) is 0 Å². The van der Waals surface area contributed by atoms with Crippen LogP contribution in [0.25, 0.3) is 0 Å². The van der Waals surface area contributed by atoms with E-state index in [-0.39, 0.29) is 0 Å². The maximum absolute atomic E-state index is 3.51. The van der Waals surface area contributed by atoms with Gasteiger partial charge in [0.25, 0.3) is 0 Å². The molecular formula is C18H26N2. The van der Waals surface area contributed by atoms with Gasteiger partial charge in [-0.1, -0.05) is 24.3 Å². The molecule has 1 N–H and O–H groups in total. The minimum atomic E-state index is 0.733. The van der Waals surface area contributed by atoms with E-state index < -0.39 is 0 Å². The number of benzene rings is 1. The Balaban J connectivity index is 1.41. The van der Waals surface area contributed by atoms with Gasteiger partial charge in [0.05, 0.1) is 0 Å². The van der Waals surface area contributed by atoms with Crippen molar-refractivity contribution in [2.24, 2.45) is 11.3 Å². The molecule has 0 amide bonds. The fourth-order valence-corrected chi connectivity index (χ4v) is 4.46. The predicted molar refractivity (Wildman–Crippen MR) is 82.7 cm³/mol. The second-order valence-corrected chi connectivity index (χ2v) is 7.12. The molecule has 0 bridgehead atoms. The fourth-order valence-electron chi connectivity index (χ4n) is 4.46. The van der Waals surface area contributed by atoms with Gasteiger partial charge in [0.1, 0.15) is 0 Å². The molecule has 0 radical (unpaired) electrons. The monoisotopic (exact) mass is 270 g/mol. The molecule has 0 aromatic heterocycles. The Morgan fingerprint density at radius 3 is 2.80 bits per heavy atom. The molecule has 2 heterocycles. The number of fused-ring (bicyclic) bond motifs is 1. The third-order valence-corrected chi connectivity index (χ3v) is 5.87. The Morgan fingerprint density at radius 2 is 1.95 bits per heavy atom. The summed E-state index contributed by atoms with van der Waals surface area (Å²) in [6.45, 7) is 6.31. The smallest absolute Gasteiger partial charge is 0.0236 e. The number of hydrogen-bond acceptors (Lipinski definition) is 2. The first-order valence-electron chi connectivity index (χ1n) is 8.36. The van der Waals surface area contributed by atoms with Crippen LogP contribution >= 0.6 is 0 Å². The van der Waals surface area contributed by atoms with E-state index in [9.17, 15) is 0 Å². The quantitative estimate of drug-likeness (QED) is 0.889. The second kappa shape index (κ2) is 5.16. The Bertz CT molecular complexity index is 476. The average molecular weight is 270 g/mol. The van der Waals surface area contributed by atoms with Gasteiger partial charge in [0.15, 0.2) is 0 Å². The summed E-state index contributed by atoms with van der Waals surface area (Å²) in [6, 6.07) is 9.05. The normalized spacial score (nSPS) is 28.9. The van der Waals surface area contributed by atoms with Crippen LogP contribution in [-0.2, 0) is 13.0 Å². The molecule has 1 saturated carbocycles. The van der Waals surface area contributed by atoms with Gasteiger partial charge >= 0.3 is 0 Å². The molecule has 20 heavy (non-hydrogen) atoms. The first-order valence-corrected chi connectivity index (χ1v) is 8.36. The number of aryl methyl sites for hydroxylation is 1. The molecule has 1 spiro atoms. The van der Waals surface area contributed by atoms with Crippen molar-refractivity contribution in [2.75, 3.05) is 26.2 Å². The summed E-state index contributed by atoms with van der Waals surface area (Å²) in [7, 11) is 0. The van der Waals surface area contributed by atoms with E-state index in [0.717, 1.165) is 11.3 Å². The Hall–Kier alpha value is -0.860. The molecule has 1 aromatic carbocycles. The largest absolute Gasteiger partial charge is 0.317 e. The van der Waals surface area contributed by atoms with Crippen molar-refractivity contribution in [3.8, 4) is 0 Å². The molecule has 2 nitrogen and oxygen atoms in total. The van der Waals surface area contributed by atoms with E-state index in [2.05, 4.69) is 34.5 Å². The lowest BCUT2D eigenvalue weighted by molar-refractivity contribution is 0.225. The minimum Gasteiger partial charge on any atom is -0.317 e. The van der Waals surface area contributed by atoms with Gasteiger partial charge in [-0.15, -0.1) is 0 Å². The summed E-state index contributed by atoms with van der Waals surface area (Å²) in [4.78, 5) is 2.73. The number of piperidine rings is 1. The number of nitrogens with one attached hydrogen (secondary N) is 1. The maximum atomic E-state index is 3.51. The van der Waals surface area contributed by atoms with Crippen molar-refractivity contribution < 1.29 is 0 Å². The second-order valence-electron chi connectivity index (χ2n) is 7.12. The van der Waals surface area contributed by atoms with Gasteiger partial charge < -0.3 is 5.32 Å². The highest BCUT2D eigenvalue weighted by molar-refractivity contribution is 5.28. The van der Waals surface area contributed by atoms with E-state index in [0.29, 0.717) is 0 Å². The van der Waals surface area contributed by atoms with Crippen LogP contribution in [0.3, 0.4) is 0 Å². The lowest BCUT2D eigenvalue weighted by atomic mass is 9.92. The molecule has 4 rings (SSSR count). The van der Waals surface area contributed by atoms with Gasteiger partial charge in [0, 0.05) is 13.1 Å². The Morgan fingerprint density at radius 1 is 1.15 bits per heavy atom. The molecule has 2 heteroatoms. The topological polar surface area (TPSA) is 15.3 Å². The lowest BCUT2D eigenvalue weighted by Crippen LogP contribution is -2.32. The first kappa shape index (κ1) is 12.8. The highest BCUT2D eigenvalue weighted by Crippen LogP contribution is 2.58. The van der Waals surface area contributed by atoms with Gasteiger partial charge in [-0.05, 0) is 74.2 Å². The SMILES string of the molecule is c1ccc2c(c1)CCCN(CC1CC13CCNCC3)C2. The van der Waals surface area contributed by atoms with Crippen LogP contribution < -0.4 is 5.32 Å². The highest BCUT2D eigenvalue weighted by atomic mass is 15.1. The van der Waals surface area contributed by atoms with Crippen molar-refractivity contribution in [2.45, 2.75) is 38.6 Å². The number of hydrogen-bond donors (Lipinski definition) is 1. The van der Waals surface area contributed by atoms with Crippen LogP contribution in [0.5, 0.6) is 0 Å². The zero-order valence-corrected chi connectivity index (χ0v) is 12.4. The third-order valence-electron chi connectivity index (χ3n) is 5.87. The highest BCUT2D eigenvalue weighted by Gasteiger charge is 2.53. The van der Waals surface area contributed by atoms with Crippen LogP contribution in [0, 0.1) is 11.3 Å². The van der Waals surface area contributed by atoms with E-state index >= 15 is 0 Å². The van der Waals surface area contributed by atoms with Crippen molar-refractivity contribution >= 4 is 0 Å². The standard InChI is InChI=1S/C18H26N2/c1-2-5-16-13-20(11-3-6-15(16)4-1)14-17-12-18(17)7-9-19-10-8-18/h1-2,4-5,17,19H,3,6-14H2. The Kier molecular flexibility index (Phi) is 3.31. The van der Waals surface area contributed by atoms with E-state index in [1.807, 2.05) is 0 Å². The molecule has 1 aromatic rings. The Labute approximate surface area is 122 Å². The zero-order valence-electron chi connectivity index (χ0n) is 12.4. The molecule has 3 aliphatic rings. The molecular weight excluding hydrogens is 244 g/mol. The van der Waals surface area contributed by atoms with Crippen molar-refractivity contribution in [1.82, 2.24) is 10.2 Å². The lowest BCUT2D eigenvalue weighted by Gasteiger charge is -2.26. The van der Waals surface area contributed by atoms with Gasteiger partial charge in [-0.25, -0.2) is 0 Å². The predicted octanol–water partition coefficient (Wildman–Crippen LogP) is 2.82. The summed E-state index contributed by atoms with van der Waals surface area (Å²) in [5.74, 6) is 0.981. The summed E-state index contributed by atoms with van der Waals surface area (Å²) in [5, 5.41) is 3.51. The van der Waals surface area contributed by atoms with Crippen LogP contribution in [0.15, 0.2) is 24.3 Å². The summed E-state index contributed by atoms with van der Waals surface area (Å²) < 4.78 is 0. The van der Waals surface area contributed by atoms with Crippen LogP contribution in [0.2, 0.25) is 0 Å². The van der Waals surface area contributed by atoms with E-state index in [1.165, 1.54) is 64.8 Å². The fraction of sp³-hybridized carbons (Fsp3) is 0.667. The molecule has 108 valence electrons. The van der Waals surface area contributed by atoms with Crippen molar-refractivity contribution in [3.05, 3.63) is 35.4 Å². The first-order chi connectivity index (χ1) is 9.86. The molecule has 1 atom stereocenters. The molecule has 2 fully saturated rings. The van der Waals surface area contributed by atoms with Crippen LogP contribution in [0.1, 0.15) is 36.8 Å². The maximum Gasteiger partial charge on any atom is 0.0236 e. The number of nitrogens with zero attached hydrogens (tertiary/aromatic N) is 1. The molecule has 2 aliphatic heterocycles. The minimum absolute atomic E-state index is 0.733. The summed E-state index contributed by atoms with van der Waals surface area (Å²) in [5.41, 5.74) is 3.89. The van der Waals surface area contributed by atoms with Crippen LogP contribution in [-0.4, -0.2) is 31.1 Å².